The van der Waals surface area contributed by atoms with Crippen molar-refractivity contribution in [3.8, 4) is 11.5 Å². The minimum atomic E-state index is 0.0425. The maximum Gasteiger partial charge on any atom is 0.248 e. The largest absolute Gasteiger partial charge is 0.420 e. The van der Waals surface area contributed by atoms with Crippen LogP contribution in [0.1, 0.15) is 24.7 Å². The Kier molecular flexibility index (Phi) is 5.19. The molecule has 3 rings (SSSR count). The molecule has 2 aromatic heterocycles. The Bertz CT molecular complexity index is 645. The van der Waals surface area contributed by atoms with E-state index >= 15 is 0 Å². The van der Waals surface area contributed by atoms with E-state index in [1.54, 1.807) is 17.4 Å². The topological polar surface area (TPSA) is 71.3 Å². The van der Waals surface area contributed by atoms with Gasteiger partial charge in [0.1, 0.15) is 0 Å². The van der Waals surface area contributed by atoms with Crippen molar-refractivity contribution in [3.05, 3.63) is 35.4 Å². The summed E-state index contributed by atoms with van der Waals surface area (Å²) in [5, 5.41) is 15.1. The highest BCUT2D eigenvalue weighted by Gasteiger charge is 2.26. The Hall–Kier alpha value is -1.99. The van der Waals surface area contributed by atoms with Gasteiger partial charge in [-0.25, -0.2) is 0 Å². The van der Waals surface area contributed by atoms with E-state index in [2.05, 4.69) is 27.0 Å². The average Bonchev–Trinajstić information content (AvgIpc) is 3.24. The molecule has 0 bridgehead atoms. The maximum absolute atomic E-state index is 11.7. The quantitative estimate of drug-likeness (QED) is 0.822. The fourth-order valence-electron chi connectivity index (χ4n) is 2.69. The number of nitrogens with zero attached hydrogens (tertiary/aromatic N) is 3. The predicted molar refractivity (Wildman–Crippen MR) is 89.2 cm³/mol. The molecule has 3 heterocycles. The predicted octanol–water partition coefficient (Wildman–Crippen LogP) is 2.28. The molecule has 0 spiro atoms. The first kappa shape index (κ1) is 15.9. The lowest BCUT2D eigenvalue weighted by molar-refractivity contribution is -0.122. The summed E-state index contributed by atoms with van der Waals surface area (Å²) in [6.07, 6.45) is 3.55. The highest BCUT2D eigenvalue weighted by Crippen LogP contribution is 2.29. The molecule has 122 valence electrons. The molecule has 0 radical (unpaired) electrons. The first-order chi connectivity index (χ1) is 11.3. The second-order valence-electron chi connectivity index (χ2n) is 5.60. The highest BCUT2D eigenvalue weighted by atomic mass is 32.1. The summed E-state index contributed by atoms with van der Waals surface area (Å²) in [5.74, 6) is 1.62. The van der Waals surface area contributed by atoms with Crippen LogP contribution in [0.25, 0.3) is 11.5 Å². The molecule has 1 saturated heterocycles. The number of nitrogens with one attached hydrogen (secondary N) is 1. The van der Waals surface area contributed by atoms with Crippen LogP contribution in [0.2, 0.25) is 0 Å². The number of carbonyl (C=O) groups excluding carboxylic acids is 1. The fraction of sp³-hybridized carbons (Fsp3) is 0.438. The molecule has 1 amide bonds. The molecule has 0 unspecified atom stereocenters. The highest BCUT2D eigenvalue weighted by molar-refractivity contribution is 7.08. The number of aromatic nitrogens is 2. The van der Waals surface area contributed by atoms with Crippen LogP contribution in [0, 0.1) is 0 Å². The van der Waals surface area contributed by atoms with Crippen LogP contribution in [0.3, 0.4) is 0 Å². The SMILES string of the molecule is C=CCNC(=O)CN1CCC(c2nnc(-c3ccsc3)o2)CC1. The van der Waals surface area contributed by atoms with Crippen molar-refractivity contribution in [2.24, 2.45) is 0 Å². The van der Waals surface area contributed by atoms with Gasteiger partial charge in [-0.15, -0.1) is 16.8 Å². The molecule has 0 aromatic carbocycles. The molecule has 1 fully saturated rings. The van der Waals surface area contributed by atoms with E-state index in [-0.39, 0.29) is 11.8 Å². The first-order valence-corrected chi connectivity index (χ1v) is 8.66. The normalized spacial score (nSPS) is 16.3. The summed E-state index contributed by atoms with van der Waals surface area (Å²) in [6.45, 7) is 6.27. The van der Waals surface area contributed by atoms with Gasteiger partial charge in [0.15, 0.2) is 0 Å². The number of likely N-dealkylation sites (tertiary alicyclic amines) is 1. The van der Waals surface area contributed by atoms with Gasteiger partial charge in [0.2, 0.25) is 17.7 Å². The Balaban J connectivity index is 1.51. The Morgan fingerprint density at radius 1 is 1.48 bits per heavy atom. The van der Waals surface area contributed by atoms with Crippen molar-refractivity contribution in [2.45, 2.75) is 18.8 Å². The summed E-state index contributed by atoms with van der Waals surface area (Å²) in [5.41, 5.74) is 0.977. The van der Waals surface area contributed by atoms with Gasteiger partial charge in [0, 0.05) is 23.4 Å². The Morgan fingerprint density at radius 3 is 3.00 bits per heavy atom. The summed E-state index contributed by atoms with van der Waals surface area (Å²) in [4.78, 5) is 13.9. The summed E-state index contributed by atoms with van der Waals surface area (Å²) < 4.78 is 5.81. The van der Waals surface area contributed by atoms with Crippen LogP contribution in [0.4, 0.5) is 0 Å². The lowest BCUT2D eigenvalue weighted by Crippen LogP contribution is -2.41. The lowest BCUT2D eigenvalue weighted by Gasteiger charge is -2.29. The number of rotatable bonds is 6. The third-order valence-corrected chi connectivity index (χ3v) is 4.64. The van der Waals surface area contributed by atoms with Gasteiger partial charge in [0.25, 0.3) is 0 Å². The van der Waals surface area contributed by atoms with Gasteiger partial charge in [-0.05, 0) is 37.4 Å². The minimum absolute atomic E-state index is 0.0425. The van der Waals surface area contributed by atoms with Crippen LogP contribution in [-0.4, -0.2) is 47.2 Å². The lowest BCUT2D eigenvalue weighted by atomic mass is 9.97. The molecule has 2 aromatic rings. The third-order valence-electron chi connectivity index (χ3n) is 3.96. The van der Waals surface area contributed by atoms with Crippen LogP contribution in [-0.2, 0) is 4.79 Å². The van der Waals surface area contributed by atoms with Gasteiger partial charge in [0.05, 0.1) is 6.54 Å². The molecule has 1 N–H and O–H groups in total. The van der Waals surface area contributed by atoms with E-state index in [1.165, 1.54) is 0 Å². The standard InChI is InChI=1S/C16H20N4O2S/c1-2-6-17-14(21)10-20-7-3-12(4-8-20)15-18-19-16(22-15)13-5-9-23-11-13/h2,5,9,11-12H,1,3-4,6-8,10H2,(H,17,21). The van der Waals surface area contributed by atoms with E-state index in [9.17, 15) is 4.79 Å². The molecular formula is C16H20N4O2S. The second-order valence-corrected chi connectivity index (χ2v) is 6.38. The van der Waals surface area contributed by atoms with E-state index in [1.807, 2.05) is 16.8 Å². The molecule has 7 heteroatoms. The summed E-state index contributed by atoms with van der Waals surface area (Å²) in [7, 11) is 0. The van der Waals surface area contributed by atoms with Crippen LogP contribution >= 0.6 is 11.3 Å². The van der Waals surface area contributed by atoms with Crippen molar-refractivity contribution in [1.82, 2.24) is 20.4 Å². The smallest absolute Gasteiger partial charge is 0.248 e. The molecule has 1 aliphatic rings. The maximum atomic E-state index is 11.7. The molecule has 1 aliphatic heterocycles. The van der Waals surface area contributed by atoms with Gasteiger partial charge >= 0.3 is 0 Å². The number of thiophene rings is 1. The number of hydrogen-bond donors (Lipinski definition) is 1. The summed E-state index contributed by atoms with van der Waals surface area (Å²) >= 11 is 1.61. The van der Waals surface area contributed by atoms with E-state index in [0.29, 0.717) is 24.9 Å². The zero-order chi connectivity index (χ0) is 16.1. The Labute approximate surface area is 139 Å². The van der Waals surface area contributed by atoms with E-state index in [0.717, 1.165) is 31.5 Å². The van der Waals surface area contributed by atoms with Crippen molar-refractivity contribution in [1.29, 1.82) is 0 Å². The molecular weight excluding hydrogens is 312 g/mol. The Morgan fingerprint density at radius 2 is 2.30 bits per heavy atom. The van der Waals surface area contributed by atoms with Gasteiger partial charge in [-0.1, -0.05) is 6.08 Å². The van der Waals surface area contributed by atoms with Crippen molar-refractivity contribution >= 4 is 17.2 Å². The molecule has 0 atom stereocenters. The minimum Gasteiger partial charge on any atom is -0.420 e. The van der Waals surface area contributed by atoms with Crippen LogP contribution in [0.15, 0.2) is 33.9 Å². The van der Waals surface area contributed by atoms with Crippen LogP contribution in [0.5, 0.6) is 0 Å². The zero-order valence-electron chi connectivity index (χ0n) is 12.9. The number of hydrogen-bond acceptors (Lipinski definition) is 6. The molecule has 0 saturated carbocycles. The summed E-state index contributed by atoms with van der Waals surface area (Å²) in [6, 6.07) is 1.98. The van der Waals surface area contributed by atoms with E-state index in [4.69, 9.17) is 4.42 Å². The van der Waals surface area contributed by atoms with Gasteiger partial charge in [-0.2, -0.15) is 11.3 Å². The van der Waals surface area contributed by atoms with Gasteiger partial charge in [-0.3, -0.25) is 9.69 Å². The number of carbonyl (C=O) groups is 1. The number of amides is 1. The third kappa shape index (κ3) is 4.05. The number of piperidine rings is 1. The molecule has 0 aliphatic carbocycles. The van der Waals surface area contributed by atoms with Crippen molar-refractivity contribution in [2.75, 3.05) is 26.2 Å². The molecule has 23 heavy (non-hydrogen) atoms. The van der Waals surface area contributed by atoms with Crippen molar-refractivity contribution in [3.63, 3.8) is 0 Å². The fourth-order valence-corrected chi connectivity index (χ4v) is 3.32. The zero-order valence-corrected chi connectivity index (χ0v) is 13.7. The van der Waals surface area contributed by atoms with Crippen LogP contribution < -0.4 is 5.32 Å². The first-order valence-electron chi connectivity index (χ1n) is 7.72. The monoisotopic (exact) mass is 332 g/mol. The second kappa shape index (κ2) is 7.52. The van der Waals surface area contributed by atoms with Crippen molar-refractivity contribution < 1.29 is 9.21 Å². The average molecular weight is 332 g/mol. The van der Waals surface area contributed by atoms with Gasteiger partial charge < -0.3 is 9.73 Å². The van der Waals surface area contributed by atoms with E-state index < -0.39 is 0 Å². The molecule has 6 nitrogen and oxygen atoms in total.